The highest BCUT2D eigenvalue weighted by Gasteiger charge is 2.34. The average molecular weight is 373 g/mol. The summed E-state index contributed by atoms with van der Waals surface area (Å²) in [7, 11) is -3.83. The van der Waals surface area contributed by atoms with Gasteiger partial charge in [-0.1, -0.05) is 18.5 Å². The lowest BCUT2D eigenvalue weighted by Gasteiger charge is -2.23. The number of amides is 1. The van der Waals surface area contributed by atoms with Gasteiger partial charge in [0.25, 0.3) is 0 Å². The minimum absolute atomic E-state index is 0.0241. The Morgan fingerprint density at radius 1 is 1.35 bits per heavy atom. The average Bonchev–Trinajstić information content (AvgIpc) is 2.41. The van der Waals surface area contributed by atoms with Gasteiger partial charge in [-0.2, -0.15) is 13.2 Å². The predicted octanol–water partition coefficient (Wildman–Crippen LogP) is 2.65. The van der Waals surface area contributed by atoms with E-state index in [-0.39, 0.29) is 31.1 Å². The van der Waals surface area contributed by atoms with Crippen molar-refractivity contribution in [3.05, 3.63) is 28.8 Å². The van der Waals surface area contributed by atoms with E-state index in [1.807, 2.05) is 0 Å². The van der Waals surface area contributed by atoms with E-state index in [2.05, 4.69) is 5.32 Å². The highest BCUT2D eigenvalue weighted by Crippen LogP contribution is 2.37. The van der Waals surface area contributed by atoms with Crippen molar-refractivity contribution < 1.29 is 26.4 Å². The SMILES string of the molecule is CCC(=O)NCCN(c1ccc(Cl)c(C(F)(F)F)c1)S(C)(=O)=O. The first kappa shape index (κ1) is 19.6. The van der Waals surface area contributed by atoms with Gasteiger partial charge >= 0.3 is 6.18 Å². The van der Waals surface area contributed by atoms with Crippen molar-refractivity contribution in [1.29, 1.82) is 0 Å². The first-order chi connectivity index (χ1) is 10.5. The molecule has 1 aromatic rings. The molecule has 0 radical (unpaired) electrons. The summed E-state index contributed by atoms with van der Waals surface area (Å²) in [6, 6.07) is 2.84. The molecule has 0 saturated heterocycles. The largest absolute Gasteiger partial charge is 0.417 e. The Morgan fingerprint density at radius 2 is 1.96 bits per heavy atom. The molecule has 0 spiro atoms. The van der Waals surface area contributed by atoms with E-state index >= 15 is 0 Å². The number of benzene rings is 1. The number of rotatable bonds is 6. The molecular weight excluding hydrogens is 357 g/mol. The van der Waals surface area contributed by atoms with Gasteiger partial charge in [-0.05, 0) is 18.2 Å². The summed E-state index contributed by atoms with van der Waals surface area (Å²) in [4.78, 5) is 11.2. The fraction of sp³-hybridized carbons (Fsp3) is 0.462. The summed E-state index contributed by atoms with van der Waals surface area (Å²) in [5, 5.41) is 1.95. The van der Waals surface area contributed by atoms with Crippen LogP contribution in [0.3, 0.4) is 0 Å². The lowest BCUT2D eigenvalue weighted by Crippen LogP contribution is -2.38. The van der Waals surface area contributed by atoms with E-state index in [0.717, 1.165) is 16.6 Å². The minimum atomic E-state index is -4.70. The maximum Gasteiger partial charge on any atom is 0.417 e. The van der Waals surface area contributed by atoms with Crippen molar-refractivity contribution in [2.45, 2.75) is 19.5 Å². The summed E-state index contributed by atoms with van der Waals surface area (Å²) in [6.07, 6.45) is -3.61. The van der Waals surface area contributed by atoms with Crippen LogP contribution in [0.1, 0.15) is 18.9 Å². The number of nitrogens with zero attached hydrogens (tertiary/aromatic N) is 1. The van der Waals surface area contributed by atoms with Gasteiger partial charge in [0, 0.05) is 13.0 Å². The van der Waals surface area contributed by atoms with E-state index in [1.165, 1.54) is 6.07 Å². The van der Waals surface area contributed by atoms with Gasteiger partial charge in [0.15, 0.2) is 0 Å². The van der Waals surface area contributed by atoms with E-state index < -0.39 is 26.8 Å². The molecule has 1 amide bonds. The Bertz CT molecular complexity index is 678. The summed E-state index contributed by atoms with van der Waals surface area (Å²) in [5.41, 5.74) is -1.29. The zero-order valence-electron chi connectivity index (χ0n) is 12.4. The molecule has 0 bridgehead atoms. The maximum absolute atomic E-state index is 12.9. The normalized spacial score (nSPS) is 12.1. The Labute approximate surface area is 137 Å². The first-order valence-corrected chi connectivity index (χ1v) is 8.80. The van der Waals surface area contributed by atoms with E-state index in [1.54, 1.807) is 6.92 Å². The van der Waals surface area contributed by atoms with Crippen LogP contribution in [0.5, 0.6) is 0 Å². The number of carbonyl (C=O) groups excluding carboxylic acids is 1. The van der Waals surface area contributed by atoms with Crippen LogP contribution in [-0.2, 0) is 21.0 Å². The van der Waals surface area contributed by atoms with Gasteiger partial charge < -0.3 is 5.32 Å². The molecule has 1 rings (SSSR count). The predicted molar refractivity (Wildman–Crippen MR) is 81.9 cm³/mol. The Balaban J connectivity index is 3.12. The Hall–Kier alpha value is -1.48. The van der Waals surface area contributed by atoms with Gasteiger partial charge in [-0.25, -0.2) is 8.42 Å². The molecule has 5 nitrogen and oxygen atoms in total. The van der Waals surface area contributed by atoms with Crippen LogP contribution >= 0.6 is 11.6 Å². The van der Waals surface area contributed by atoms with Gasteiger partial charge in [0.05, 0.1) is 29.1 Å². The van der Waals surface area contributed by atoms with Gasteiger partial charge in [-0.3, -0.25) is 9.10 Å². The van der Waals surface area contributed by atoms with Gasteiger partial charge in [0.1, 0.15) is 0 Å². The number of alkyl halides is 3. The molecule has 0 aromatic heterocycles. The summed E-state index contributed by atoms with van der Waals surface area (Å²) in [6.45, 7) is 1.41. The van der Waals surface area contributed by atoms with Crippen LogP contribution in [0, 0.1) is 0 Å². The highest BCUT2D eigenvalue weighted by atomic mass is 35.5. The Morgan fingerprint density at radius 3 is 2.43 bits per heavy atom. The topological polar surface area (TPSA) is 66.5 Å². The molecule has 0 unspecified atom stereocenters. The molecular formula is C13H16ClF3N2O3S. The zero-order valence-corrected chi connectivity index (χ0v) is 14.0. The van der Waals surface area contributed by atoms with Crippen molar-refractivity contribution in [3.63, 3.8) is 0 Å². The maximum atomic E-state index is 12.9. The number of halogens is 4. The number of hydrogen-bond donors (Lipinski definition) is 1. The molecule has 0 aliphatic heterocycles. The third-order valence-corrected chi connectivity index (χ3v) is 4.43. The van der Waals surface area contributed by atoms with Crippen LogP contribution in [0.25, 0.3) is 0 Å². The second-order valence-electron chi connectivity index (χ2n) is 4.70. The fourth-order valence-electron chi connectivity index (χ4n) is 1.79. The van der Waals surface area contributed by atoms with E-state index in [9.17, 15) is 26.4 Å². The van der Waals surface area contributed by atoms with Crippen molar-refractivity contribution in [1.82, 2.24) is 5.32 Å². The number of sulfonamides is 1. The quantitative estimate of drug-likeness (QED) is 0.834. The van der Waals surface area contributed by atoms with E-state index in [0.29, 0.717) is 6.07 Å². The third-order valence-electron chi connectivity index (χ3n) is 2.90. The third kappa shape index (κ3) is 5.58. The molecule has 23 heavy (non-hydrogen) atoms. The number of nitrogens with one attached hydrogen (secondary N) is 1. The van der Waals surface area contributed by atoms with Crippen LogP contribution in [0.4, 0.5) is 18.9 Å². The molecule has 0 atom stereocenters. The van der Waals surface area contributed by atoms with Crippen LogP contribution in [0.2, 0.25) is 5.02 Å². The second kappa shape index (κ2) is 7.39. The summed E-state index contributed by atoms with van der Waals surface area (Å²) < 4.78 is 63.1. The Kier molecular flexibility index (Phi) is 6.29. The van der Waals surface area contributed by atoms with Crippen LogP contribution in [-0.4, -0.2) is 33.7 Å². The molecule has 0 aliphatic rings. The van der Waals surface area contributed by atoms with Crippen molar-refractivity contribution >= 4 is 33.2 Å². The monoisotopic (exact) mass is 372 g/mol. The zero-order chi connectivity index (χ0) is 17.8. The molecule has 1 N–H and O–H groups in total. The minimum Gasteiger partial charge on any atom is -0.354 e. The number of hydrogen-bond acceptors (Lipinski definition) is 3. The molecule has 1 aromatic carbocycles. The molecule has 0 heterocycles. The number of carbonyl (C=O) groups is 1. The fourth-order valence-corrected chi connectivity index (χ4v) is 2.94. The van der Waals surface area contributed by atoms with Gasteiger partial charge in [-0.15, -0.1) is 0 Å². The second-order valence-corrected chi connectivity index (χ2v) is 7.01. The van der Waals surface area contributed by atoms with Crippen molar-refractivity contribution in [3.8, 4) is 0 Å². The lowest BCUT2D eigenvalue weighted by molar-refractivity contribution is -0.137. The molecule has 130 valence electrons. The molecule has 10 heteroatoms. The van der Waals surface area contributed by atoms with Crippen LogP contribution in [0.15, 0.2) is 18.2 Å². The van der Waals surface area contributed by atoms with E-state index in [4.69, 9.17) is 11.6 Å². The molecule has 0 saturated carbocycles. The first-order valence-electron chi connectivity index (χ1n) is 6.58. The molecule has 0 fully saturated rings. The smallest absolute Gasteiger partial charge is 0.354 e. The van der Waals surface area contributed by atoms with Gasteiger partial charge in [0.2, 0.25) is 15.9 Å². The van der Waals surface area contributed by atoms with Crippen molar-refractivity contribution in [2.24, 2.45) is 0 Å². The standard InChI is InChI=1S/C13H16ClF3N2O3S/c1-3-12(20)18-6-7-19(23(2,21)22)9-4-5-11(14)10(8-9)13(15,16)17/h4-5,8H,3,6-7H2,1-2H3,(H,18,20). The van der Waals surface area contributed by atoms with Crippen LogP contribution < -0.4 is 9.62 Å². The summed E-state index contributed by atoms with van der Waals surface area (Å²) >= 11 is 5.52. The highest BCUT2D eigenvalue weighted by molar-refractivity contribution is 7.92. The number of anilines is 1. The lowest BCUT2D eigenvalue weighted by atomic mass is 10.2. The summed E-state index contributed by atoms with van der Waals surface area (Å²) in [5.74, 6) is -0.287. The molecule has 0 aliphatic carbocycles. The van der Waals surface area contributed by atoms with Crippen molar-refractivity contribution in [2.75, 3.05) is 23.7 Å².